The summed E-state index contributed by atoms with van der Waals surface area (Å²) in [6, 6.07) is 9.75. The van der Waals surface area contributed by atoms with Gasteiger partial charge < -0.3 is 10.2 Å². The number of hydrogen-bond acceptors (Lipinski definition) is 4. The summed E-state index contributed by atoms with van der Waals surface area (Å²) < 4.78 is 5.65. The average molecular weight is 244 g/mol. The summed E-state index contributed by atoms with van der Waals surface area (Å²) in [5, 5.41) is 4.09. The highest BCUT2D eigenvalue weighted by Gasteiger charge is 2.12. The topological polar surface area (TPSA) is 52.0 Å². The van der Waals surface area contributed by atoms with Crippen LogP contribution in [0.3, 0.4) is 0 Å². The first kappa shape index (κ1) is 10.5. The quantitative estimate of drug-likeness (QED) is 0.770. The van der Waals surface area contributed by atoms with Gasteiger partial charge in [0.2, 0.25) is 0 Å². The zero-order valence-electron chi connectivity index (χ0n) is 9.17. The molecular formula is C13H12N2OS. The van der Waals surface area contributed by atoms with E-state index in [1.807, 2.05) is 35.7 Å². The van der Waals surface area contributed by atoms with Gasteiger partial charge in [-0.05, 0) is 34.5 Å². The Bertz CT molecular complexity index is 582. The van der Waals surface area contributed by atoms with Crippen LogP contribution in [-0.4, -0.2) is 4.98 Å². The third-order valence-electron chi connectivity index (χ3n) is 2.70. The number of aromatic nitrogens is 1. The van der Waals surface area contributed by atoms with Crippen LogP contribution in [0, 0.1) is 0 Å². The summed E-state index contributed by atoms with van der Waals surface area (Å²) in [7, 11) is 0. The van der Waals surface area contributed by atoms with E-state index in [0.29, 0.717) is 12.3 Å². The lowest BCUT2D eigenvalue weighted by atomic mass is 10.1. The minimum atomic E-state index is -0.0469. The Balaban J connectivity index is 1.85. The number of rotatable bonds is 3. The molecule has 0 aliphatic heterocycles. The van der Waals surface area contributed by atoms with Crippen molar-refractivity contribution in [2.75, 3.05) is 0 Å². The molecule has 4 heteroatoms. The maximum absolute atomic E-state index is 6.10. The van der Waals surface area contributed by atoms with E-state index in [1.54, 1.807) is 11.3 Å². The first-order valence-corrected chi connectivity index (χ1v) is 6.39. The van der Waals surface area contributed by atoms with Crippen molar-refractivity contribution < 1.29 is 4.42 Å². The number of hydrogen-bond donors (Lipinski definition) is 1. The molecule has 0 saturated carbocycles. The van der Waals surface area contributed by atoms with E-state index in [9.17, 15) is 0 Å². The van der Waals surface area contributed by atoms with Crippen molar-refractivity contribution in [3.8, 4) is 0 Å². The standard InChI is InChI=1S/C13H12N2OS/c14-10(9-5-6-17-8-9)7-13-15-11-3-1-2-4-12(11)16-13/h1-6,8,10H,7,14H2. The van der Waals surface area contributed by atoms with E-state index in [4.69, 9.17) is 10.2 Å². The second-order valence-electron chi connectivity index (χ2n) is 3.94. The van der Waals surface area contributed by atoms with Crippen LogP contribution in [0.4, 0.5) is 0 Å². The van der Waals surface area contributed by atoms with Gasteiger partial charge in [-0.2, -0.15) is 11.3 Å². The van der Waals surface area contributed by atoms with Crippen molar-refractivity contribution in [2.24, 2.45) is 5.73 Å². The Morgan fingerprint density at radius 2 is 2.18 bits per heavy atom. The highest BCUT2D eigenvalue weighted by Crippen LogP contribution is 2.21. The van der Waals surface area contributed by atoms with Gasteiger partial charge in [0.25, 0.3) is 0 Å². The Labute approximate surface area is 103 Å². The van der Waals surface area contributed by atoms with Crippen LogP contribution in [-0.2, 0) is 6.42 Å². The molecule has 1 aromatic carbocycles. The van der Waals surface area contributed by atoms with Crippen LogP contribution in [0.5, 0.6) is 0 Å². The smallest absolute Gasteiger partial charge is 0.197 e. The molecule has 0 aliphatic rings. The molecule has 0 bridgehead atoms. The first-order chi connectivity index (χ1) is 8.33. The second-order valence-corrected chi connectivity index (χ2v) is 4.72. The molecule has 1 unspecified atom stereocenters. The molecule has 0 radical (unpaired) electrons. The molecule has 2 aromatic heterocycles. The van der Waals surface area contributed by atoms with Crippen LogP contribution in [0.15, 0.2) is 45.5 Å². The molecule has 0 saturated heterocycles. The fourth-order valence-electron chi connectivity index (χ4n) is 1.80. The van der Waals surface area contributed by atoms with E-state index >= 15 is 0 Å². The predicted molar refractivity (Wildman–Crippen MR) is 69.0 cm³/mol. The van der Waals surface area contributed by atoms with E-state index in [0.717, 1.165) is 16.7 Å². The fourth-order valence-corrected chi connectivity index (χ4v) is 2.52. The summed E-state index contributed by atoms with van der Waals surface area (Å²) >= 11 is 1.65. The number of benzene rings is 1. The zero-order chi connectivity index (χ0) is 11.7. The normalized spacial score (nSPS) is 13.0. The highest BCUT2D eigenvalue weighted by atomic mass is 32.1. The Hall–Kier alpha value is -1.65. The molecular weight excluding hydrogens is 232 g/mol. The van der Waals surface area contributed by atoms with Crippen LogP contribution in [0.2, 0.25) is 0 Å². The van der Waals surface area contributed by atoms with Gasteiger partial charge in [-0.1, -0.05) is 12.1 Å². The summed E-state index contributed by atoms with van der Waals surface area (Å²) in [5.74, 6) is 0.699. The number of thiophene rings is 1. The van der Waals surface area contributed by atoms with Crippen molar-refractivity contribution in [3.63, 3.8) is 0 Å². The molecule has 0 spiro atoms. The zero-order valence-corrected chi connectivity index (χ0v) is 9.98. The fraction of sp³-hybridized carbons (Fsp3) is 0.154. The summed E-state index contributed by atoms with van der Waals surface area (Å²) in [6.45, 7) is 0. The van der Waals surface area contributed by atoms with Gasteiger partial charge in [0.1, 0.15) is 5.52 Å². The molecule has 1 atom stereocenters. The van der Waals surface area contributed by atoms with Gasteiger partial charge in [-0.25, -0.2) is 4.98 Å². The minimum absolute atomic E-state index is 0.0469. The average Bonchev–Trinajstić information content (AvgIpc) is 2.97. The largest absolute Gasteiger partial charge is 0.441 e. The molecule has 3 nitrogen and oxygen atoms in total. The lowest BCUT2D eigenvalue weighted by Gasteiger charge is -2.05. The van der Waals surface area contributed by atoms with Crippen molar-refractivity contribution in [3.05, 3.63) is 52.5 Å². The lowest BCUT2D eigenvalue weighted by molar-refractivity contribution is 0.503. The van der Waals surface area contributed by atoms with E-state index in [2.05, 4.69) is 10.4 Å². The molecule has 2 heterocycles. The molecule has 3 rings (SSSR count). The van der Waals surface area contributed by atoms with E-state index < -0.39 is 0 Å². The molecule has 2 N–H and O–H groups in total. The summed E-state index contributed by atoms with van der Waals surface area (Å²) in [5.41, 5.74) is 8.94. The Morgan fingerprint density at radius 1 is 1.29 bits per heavy atom. The maximum Gasteiger partial charge on any atom is 0.197 e. The van der Waals surface area contributed by atoms with Crippen LogP contribution >= 0.6 is 11.3 Å². The summed E-state index contributed by atoms with van der Waals surface area (Å²) in [4.78, 5) is 4.42. The van der Waals surface area contributed by atoms with Crippen LogP contribution in [0.1, 0.15) is 17.5 Å². The van der Waals surface area contributed by atoms with Gasteiger partial charge in [-0.15, -0.1) is 0 Å². The van der Waals surface area contributed by atoms with E-state index in [-0.39, 0.29) is 6.04 Å². The van der Waals surface area contributed by atoms with E-state index in [1.165, 1.54) is 0 Å². The van der Waals surface area contributed by atoms with Gasteiger partial charge in [0.15, 0.2) is 11.5 Å². The number of nitrogens with zero attached hydrogens (tertiary/aromatic N) is 1. The molecule has 3 aromatic rings. The van der Waals surface area contributed by atoms with Crippen LogP contribution < -0.4 is 5.73 Å². The SMILES string of the molecule is NC(Cc1nc2ccccc2o1)c1ccsc1. The molecule has 0 amide bonds. The second kappa shape index (κ2) is 4.31. The van der Waals surface area contributed by atoms with Gasteiger partial charge in [-0.3, -0.25) is 0 Å². The number of para-hydroxylation sites is 2. The monoisotopic (exact) mass is 244 g/mol. The van der Waals surface area contributed by atoms with Crippen molar-refractivity contribution in [1.82, 2.24) is 4.98 Å². The van der Waals surface area contributed by atoms with Crippen molar-refractivity contribution >= 4 is 22.4 Å². The maximum atomic E-state index is 6.10. The third kappa shape index (κ3) is 2.09. The molecule has 17 heavy (non-hydrogen) atoms. The van der Waals surface area contributed by atoms with Crippen LogP contribution in [0.25, 0.3) is 11.1 Å². The van der Waals surface area contributed by atoms with Crippen molar-refractivity contribution in [1.29, 1.82) is 0 Å². The minimum Gasteiger partial charge on any atom is -0.441 e. The molecule has 0 aliphatic carbocycles. The predicted octanol–water partition coefficient (Wildman–Crippen LogP) is 3.13. The first-order valence-electron chi connectivity index (χ1n) is 5.45. The highest BCUT2D eigenvalue weighted by molar-refractivity contribution is 7.07. The van der Waals surface area contributed by atoms with Crippen molar-refractivity contribution in [2.45, 2.75) is 12.5 Å². The molecule has 0 fully saturated rings. The Kier molecular flexibility index (Phi) is 2.66. The van der Waals surface area contributed by atoms with Gasteiger partial charge in [0.05, 0.1) is 0 Å². The summed E-state index contributed by atoms with van der Waals surface area (Å²) in [6.07, 6.45) is 0.630. The number of oxazole rings is 1. The van der Waals surface area contributed by atoms with Gasteiger partial charge >= 0.3 is 0 Å². The number of fused-ring (bicyclic) bond motifs is 1. The number of nitrogens with two attached hydrogens (primary N) is 1. The Morgan fingerprint density at radius 3 is 2.94 bits per heavy atom. The molecule has 86 valence electrons. The lowest BCUT2D eigenvalue weighted by Crippen LogP contribution is -2.12. The third-order valence-corrected chi connectivity index (χ3v) is 3.41. The van der Waals surface area contributed by atoms with Gasteiger partial charge in [0, 0.05) is 12.5 Å².